The standard InChI is InChI=1S/C16H25N5O3.2C2H6/c1-18-8-10-19(11-9-18)13-16(22)4-6-20(7-5-16)14-2-3-15(17-12-14)21(23)24;2*1-2/h2-3,12,22H,4-11,13H2,1H3;2*1-2H3. The van der Waals surface area contributed by atoms with Crippen LogP contribution < -0.4 is 4.90 Å². The average Bonchev–Trinajstić information content (AvgIpc) is 2.73. The molecule has 1 N–H and O–H groups in total. The molecule has 2 aliphatic rings. The Morgan fingerprint density at radius 1 is 1.07 bits per heavy atom. The second-order valence-electron chi connectivity index (χ2n) is 6.92. The fourth-order valence-corrected chi connectivity index (χ4v) is 3.43. The van der Waals surface area contributed by atoms with Crippen LogP contribution in [0.3, 0.4) is 0 Å². The van der Waals surface area contributed by atoms with Crippen LogP contribution in [0.5, 0.6) is 0 Å². The van der Waals surface area contributed by atoms with Gasteiger partial charge in [-0.25, -0.2) is 0 Å². The minimum Gasteiger partial charge on any atom is -0.388 e. The van der Waals surface area contributed by atoms with Crippen LogP contribution in [-0.2, 0) is 0 Å². The van der Waals surface area contributed by atoms with E-state index in [1.54, 1.807) is 12.3 Å². The fourth-order valence-electron chi connectivity index (χ4n) is 3.43. The first-order chi connectivity index (χ1) is 13.5. The third-order valence-electron chi connectivity index (χ3n) is 5.09. The first kappa shape index (κ1) is 24.3. The van der Waals surface area contributed by atoms with Crippen molar-refractivity contribution in [1.29, 1.82) is 0 Å². The molecular formula is C20H37N5O3. The predicted octanol–water partition coefficient (Wildman–Crippen LogP) is 2.62. The van der Waals surface area contributed by atoms with Crippen molar-refractivity contribution in [2.24, 2.45) is 0 Å². The highest BCUT2D eigenvalue weighted by atomic mass is 16.6. The van der Waals surface area contributed by atoms with Crippen LogP contribution in [-0.4, -0.2) is 83.3 Å². The van der Waals surface area contributed by atoms with Crippen molar-refractivity contribution in [3.05, 3.63) is 28.4 Å². The minimum absolute atomic E-state index is 0.137. The molecule has 0 aliphatic carbocycles. The molecule has 0 saturated carbocycles. The van der Waals surface area contributed by atoms with Crippen molar-refractivity contribution < 1.29 is 10.0 Å². The predicted molar refractivity (Wildman–Crippen MR) is 114 cm³/mol. The van der Waals surface area contributed by atoms with Gasteiger partial charge < -0.3 is 25.0 Å². The lowest BCUT2D eigenvalue weighted by molar-refractivity contribution is -0.389. The fraction of sp³-hybridized carbons (Fsp3) is 0.750. The van der Waals surface area contributed by atoms with E-state index in [4.69, 9.17) is 0 Å². The molecule has 0 spiro atoms. The Hall–Kier alpha value is -1.77. The summed E-state index contributed by atoms with van der Waals surface area (Å²) in [5.74, 6) is -0.137. The van der Waals surface area contributed by atoms with Gasteiger partial charge in [-0.2, -0.15) is 0 Å². The van der Waals surface area contributed by atoms with Crippen LogP contribution in [0.2, 0.25) is 0 Å². The van der Waals surface area contributed by atoms with Gasteiger partial charge in [0.25, 0.3) is 0 Å². The summed E-state index contributed by atoms with van der Waals surface area (Å²) in [5.41, 5.74) is 0.239. The number of β-amino-alcohol motifs (C(OH)–C–C–N with tert-alkyl or cyclic N) is 1. The Labute approximate surface area is 169 Å². The van der Waals surface area contributed by atoms with Gasteiger partial charge >= 0.3 is 5.82 Å². The number of nitro groups is 1. The van der Waals surface area contributed by atoms with Gasteiger partial charge in [0.1, 0.15) is 0 Å². The van der Waals surface area contributed by atoms with Gasteiger partial charge in [0.15, 0.2) is 6.20 Å². The molecule has 8 nitrogen and oxygen atoms in total. The Balaban J connectivity index is 0.000000921. The molecule has 28 heavy (non-hydrogen) atoms. The molecule has 2 saturated heterocycles. The molecule has 3 heterocycles. The third-order valence-corrected chi connectivity index (χ3v) is 5.09. The molecule has 0 amide bonds. The van der Waals surface area contributed by atoms with Gasteiger partial charge in [0.05, 0.1) is 11.3 Å². The largest absolute Gasteiger partial charge is 0.388 e. The Bertz CT molecular complexity index is 566. The number of piperidine rings is 1. The zero-order chi connectivity index (χ0) is 21.2. The molecule has 1 aromatic heterocycles. The van der Waals surface area contributed by atoms with E-state index in [0.717, 1.165) is 51.5 Å². The quantitative estimate of drug-likeness (QED) is 0.619. The molecule has 160 valence electrons. The number of likely N-dealkylation sites (N-methyl/N-ethyl adjacent to an activating group) is 1. The summed E-state index contributed by atoms with van der Waals surface area (Å²) in [4.78, 5) is 20.8. The van der Waals surface area contributed by atoms with E-state index < -0.39 is 10.5 Å². The lowest BCUT2D eigenvalue weighted by Crippen LogP contribution is -2.54. The van der Waals surface area contributed by atoms with Crippen LogP contribution in [0.15, 0.2) is 18.3 Å². The molecule has 8 heteroatoms. The van der Waals surface area contributed by atoms with Crippen molar-refractivity contribution in [2.75, 3.05) is 57.8 Å². The van der Waals surface area contributed by atoms with Crippen LogP contribution in [0, 0.1) is 10.1 Å². The van der Waals surface area contributed by atoms with E-state index in [-0.39, 0.29) is 5.82 Å². The first-order valence-corrected chi connectivity index (χ1v) is 10.4. The molecule has 2 aliphatic heterocycles. The van der Waals surface area contributed by atoms with Gasteiger partial charge in [-0.15, -0.1) is 0 Å². The molecule has 0 aromatic carbocycles. The molecular weight excluding hydrogens is 358 g/mol. The summed E-state index contributed by atoms with van der Waals surface area (Å²) in [7, 11) is 2.13. The van der Waals surface area contributed by atoms with E-state index in [2.05, 4.69) is 26.7 Å². The highest BCUT2D eigenvalue weighted by molar-refractivity contribution is 5.47. The third kappa shape index (κ3) is 7.00. The van der Waals surface area contributed by atoms with Crippen molar-refractivity contribution in [2.45, 2.75) is 46.1 Å². The lowest BCUT2D eigenvalue weighted by atomic mass is 9.90. The summed E-state index contributed by atoms with van der Waals surface area (Å²) < 4.78 is 0. The molecule has 3 rings (SSSR count). The number of piperazine rings is 1. The van der Waals surface area contributed by atoms with Gasteiger partial charge in [-0.05, 0) is 35.9 Å². The van der Waals surface area contributed by atoms with Crippen molar-refractivity contribution in [3.63, 3.8) is 0 Å². The number of hydrogen-bond acceptors (Lipinski definition) is 7. The maximum absolute atomic E-state index is 10.9. The molecule has 0 radical (unpaired) electrons. The van der Waals surface area contributed by atoms with Crippen molar-refractivity contribution >= 4 is 11.5 Å². The molecule has 2 fully saturated rings. The molecule has 0 atom stereocenters. The molecule has 1 aromatic rings. The lowest BCUT2D eigenvalue weighted by Gasteiger charge is -2.43. The number of pyridine rings is 1. The smallest absolute Gasteiger partial charge is 0.363 e. The SMILES string of the molecule is CC.CC.CN1CCN(CC2(O)CCN(c3ccc([N+](=O)[O-])nc3)CC2)CC1. The summed E-state index contributed by atoms with van der Waals surface area (Å²) in [6.45, 7) is 14.3. The van der Waals surface area contributed by atoms with Gasteiger partial charge in [0.2, 0.25) is 0 Å². The molecule has 0 bridgehead atoms. The Morgan fingerprint density at radius 2 is 1.64 bits per heavy atom. The van der Waals surface area contributed by atoms with E-state index in [9.17, 15) is 15.2 Å². The number of aliphatic hydroxyl groups is 1. The topological polar surface area (TPSA) is 86.0 Å². The number of rotatable bonds is 4. The van der Waals surface area contributed by atoms with Gasteiger partial charge in [-0.3, -0.25) is 4.90 Å². The molecule has 0 unspecified atom stereocenters. The normalized spacial score (nSPS) is 19.7. The highest BCUT2D eigenvalue weighted by Gasteiger charge is 2.35. The van der Waals surface area contributed by atoms with Crippen LogP contribution in [0.25, 0.3) is 0 Å². The monoisotopic (exact) mass is 395 g/mol. The summed E-state index contributed by atoms with van der Waals surface area (Å²) in [6.07, 6.45) is 2.95. The zero-order valence-corrected chi connectivity index (χ0v) is 18.1. The van der Waals surface area contributed by atoms with Gasteiger partial charge in [0, 0.05) is 51.9 Å². The summed E-state index contributed by atoms with van der Waals surface area (Å²) in [6, 6.07) is 3.16. The second-order valence-corrected chi connectivity index (χ2v) is 6.92. The van der Waals surface area contributed by atoms with Crippen LogP contribution in [0.4, 0.5) is 11.5 Å². The van der Waals surface area contributed by atoms with Crippen LogP contribution in [0.1, 0.15) is 40.5 Å². The highest BCUT2D eigenvalue weighted by Crippen LogP contribution is 2.27. The van der Waals surface area contributed by atoms with E-state index in [1.165, 1.54) is 6.07 Å². The van der Waals surface area contributed by atoms with Crippen molar-refractivity contribution in [1.82, 2.24) is 14.8 Å². The second kappa shape index (κ2) is 11.9. The maximum atomic E-state index is 10.9. The summed E-state index contributed by atoms with van der Waals surface area (Å²) in [5, 5.41) is 21.6. The number of anilines is 1. The maximum Gasteiger partial charge on any atom is 0.363 e. The Morgan fingerprint density at radius 3 is 2.11 bits per heavy atom. The minimum atomic E-state index is -0.638. The zero-order valence-electron chi connectivity index (χ0n) is 18.1. The number of aromatic nitrogens is 1. The van der Waals surface area contributed by atoms with E-state index in [0.29, 0.717) is 12.8 Å². The van der Waals surface area contributed by atoms with Crippen molar-refractivity contribution in [3.8, 4) is 0 Å². The van der Waals surface area contributed by atoms with E-state index >= 15 is 0 Å². The van der Waals surface area contributed by atoms with Gasteiger partial charge in [-0.1, -0.05) is 27.7 Å². The number of hydrogen-bond donors (Lipinski definition) is 1. The number of nitrogens with zero attached hydrogens (tertiary/aromatic N) is 5. The average molecular weight is 396 g/mol. The van der Waals surface area contributed by atoms with Crippen LogP contribution >= 0.6 is 0 Å². The van der Waals surface area contributed by atoms with E-state index in [1.807, 2.05) is 27.7 Å². The summed E-state index contributed by atoms with van der Waals surface area (Å²) >= 11 is 0. The Kier molecular flexibility index (Phi) is 10.3. The first-order valence-electron chi connectivity index (χ1n) is 10.4.